The second-order valence-corrected chi connectivity index (χ2v) is 7.16. The maximum absolute atomic E-state index is 13.6. The molecule has 27 heavy (non-hydrogen) atoms. The van der Waals surface area contributed by atoms with E-state index in [0.717, 1.165) is 16.0 Å². The van der Waals surface area contributed by atoms with E-state index in [2.05, 4.69) is 5.32 Å². The van der Waals surface area contributed by atoms with Crippen molar-refractivity contribution < 1.29 is 13.2 Å². The van der Waals surface area contributed by atoms with Gasteiger partial charge in [-0.2, -0.15) is 13.2 Å². The molecular weight excluding hydrogens is 355 g/mol. The summed E-state index contributed by atoms with van der Waals surface area (Å²) in [6, 6.07) is 8.21. The Balaban J connectivity index is 2.15. The van der Waals surface area contributed by atoms with Crippen LogP contribution in [0.4, 0.5) is 13.2 Å². The number of hydrogen-bond acceptors (Lipinski definition) is 2. The van der Waals surface area contributed by atoms with Gasteiger partial charge in [-0.25, -0.2) is 4.79 Å². The van der Waals surface area contributed by atoms with Crippen molar-refractivity contribution in [1.82, 2.24) is 14.3 Å². The van der Waals surface area contributed by atoms with Crippen molar-refractivity contribution >= 4 is 5.52 Å². The molecule has 144 valence electrons. The molecule has 3 rings (SSSR count). The molecule has 4 nitrogen and oxygen atoms in total. The molecule has 0 atom stereocenters. The first-order valence-corrected chi connectivity index (χ1v) is 8.78. The van der Waals surface area contributed by atoms with Gasteiger partial charge in [-0.3, -0.25) is 8.97 Å². The summed E-state index contributed by atoms with van der Waals surface area (Å²) in [5.41, 5.74) is 0.392. The topological polar surface area (TPSA) is 38.4 Å². The summed E-state index contributed by atoms with van der Waals surface area (Å²) in [5.74, 6) is 0.376. The first-order valence-electron chi connectivity index (χ1n) is 8.78. The standard InChI is InChI=1S/C20H22F3N3O/c1-13(2)9-24-10-15-8-17(20(21,22)23)18-12-25(19(27)26(18)11-15)16-6-4-5-14(3)7-16/h4-8,11-13,24H,9-10H2,1-3H3. The molecule has 0 fully saturated rings. The van der Waals surface area contributed by atoms with E-state index < -0.39 is 17.4 Å². The number of hydrogen-bond donors (Lipinski definition) is 1. The average molecular weight is 377 g/mol. The predicted octanol–water partition coefficient (Wildman–Crippen LogP) is 4.16. The van der Waals surface area contributed by atoms with Gasteiger partial charge in [-0.15, -0.1) is 0 Å². The third-order valence-corrected chi connectivity index (χ3v) is 4.29. The van der Waals surface area contributed by atoms with E-state index in [9.17, 15) is 18.0 Å². The minimum Gasteiger partial charge on any atom is -0.312 e. The van der Waals surface area contributed by atoms with Crippen LogP contribution in [0.15, 0.2) is 47.5 Å². The van der Waals surface area contributed by atoms with E-state index in [4.69, 9.17) is 0 Å². The molecule has 0 aliphatic rings. The number of pyridine rings is 1. The Morgan fingerprint density at radius 1 is 1.15 bits per heavy atom. The summed E-state index contributed by atoms with van der Waals surface area (Å²) in [7, 11) is 0. The first-order chi connectivity index (χ1) is 12.7. The van der Waals surface area contributed by atoms with Crippen LogP contribution in [0.25, 0.3) is 11.2 Å². The van der Waals surface area contributed by atoms with Gasteiger partial charge in [-0.1, -0.05) is 26.0 Å². The van der Waals surface area contributed by atoms with Gasteiger partial charge in [-0.05, 0) is 48.7 Å². The Morgan fingerprint density at radius 3 is 2.52 bits per heavy atom. The van der Waals surface area contributed by atoms with Gasteiger partial charge in [0.15, 0.2) is 0 Å². The lowest BCUT2D eigenvalue weighted by Gasteiger charge is -2.12. The lowest BCUT2D eigenvalue weighted by atomic mass is 10.1. The van der Waals surface area contributed by atoms with E-state index >= 15 is 0 Å². The normalized spacial score (nSPS) is 12.3. The Labute approximate surface area is 155 Å². The van der Waals surface area contributed by atoms with Gasteiger partial charge in [0.1, 0.15) is 0 Å². The second kappa shape index (κ2) is 7.23. The predicted molar refractivity (Wildman–Crippen MR) is 99.3 cm³/mol. The molecular formula is C20H22F3N3O. The van der Waals surface area contributed by atoms with Crippen LogP contribution in [-0.2, 0) is 12.7 Å². The molecule has 0 saturated heterocycles. The summed E-state index contributed by atoms with van der Waals surface area (Å²) in [4.78, 5) is 12.8. The zero-order valence-electron chi connectivity index (χ0n) is 15.5. The number of aromatic nitrogens is 2. The van der Waals surface area contributed by atoms with Crippen LogP contribution in [0, 0.1) is 12.8 Å². The Kier molecular flexibility index (Phi) is 5.15. The second-order valence-electron chi connectivity index (χ2n) is 7.16. The van der Waals surface area contributed by atoms with Crippen molar-refractivity contribution in [3.8, 4) is 5.69 Å². The quantitative estimate of drug-likeness (QED) is 0.725. The van der Waals surface area contributed by atoms with Gasteiger partial charge in [0.25, 0.3) is 0 Å². The van der Waals surface area contributed by atoms with Crippen LogP contribution >= 0.6 is 0 Å². The van der Waals surface area contributed by atoms with Gasteiger partial charge in [0.2, 0.25) is 0 Å². The minimum atomic E-state index is -4.55. The van der Waals surface area contributed by atoms with Crippen molar-refractivity contribution in [2.45, 2.75) is 33.5 Å². The highest BCUT2D eigenvalue weighted by Gasteiger charge is 2.34. The average Bonchev–Trinajstić information content (AvgIpc) is 2.90. The van der Waals surface area contributed by atoms with E-state index in [1.807, 2.05) is 26.8 Å². The fourth-order valence-electron chi connectivity index (χ4n) is 3.04. The van der Waals surface area contributed by atoms with Crippen LogP contribution in [0.1, 0.15) is 30.5 Å². The summed E-state index contributed by atoms with van der Waals surface area (Å²) in [5, 5.41) is 3.12. The number of alkyl halides is 3. The highest BCUT2D eigenvalue weighted by atomic mass is 19.4. The fraction of sp³-hybridized carbons (Fsp3) is 0.350. The zero-order valence-corrected chi connectivity index (χ0v) is 15.5. The van der Waals surface area contributed by atoms with Crippen molar-refractivity contribution in [3.63, 3.8) is 0 Å². The van der Waals surface area contributed by atoms with Crippen molar-refractivity contribution in [2.75, 3.05) is 6.54 Å². The molecule has 1 aromatic carbocycles. The third-order valence-electron chi connectivity index (χ3n) is 4.29. The molecule has 7 heteroatoms. The number of imidazole rings is 1. The number of rotatable bonds is 5. The van der Waals surface area contributed by atoms with Gasteiger partial charge < -0.3 is 5.32 Å². The van der Waals surface area contributed by atoms with E-state index in [-0.39, 0.29) is 12.1 Å². The molecule has 0 aliphatic heterocycles. The van der Waals surface area contributed by atoms with E-state index in [1.54, 1.807) is 18.2 Å². The number of nitrogens with zero attached hydrogens (tertiary/aromatic N) is 2. The molecule has 2 heterocycles. The van der Waals surface area contributed by atoms with Crippen molar-refractivity contribution in [3.05, 3.63) is 69.9 Å². The van der Waals surface area contributed by atoms with Crippen LogP contribution in [0.3, 0.4) is 0 Å². The summed E-state index contributed by atoms with van der Waals surface area (Å²) >= 11 is 0. The summed E-state index contributed by atoms with van der Waals surface area (Å²) < 4.78 is 43.2. The molecule has 1 N–H and O–H groups in total. The Hall–Kier alpha value is -2.54. The monoisotopic (exact) mass is 377 g/mol. The smallest absolute Gasteiger partial charge is 0.312 e. The molecule has 0 amide bonds. The van der Waals surface area contributed by atoms with Crippen LogP contribution in [-0.4, -0.2) is 15.5 Å². The molecule has 0 unspecified atom stereocenters. The first kappa shape index (κ1) is 19.2. The number of aryl methyl sites for hydroxylation is 1. The molecule has 3 aromatic rings. The van der Waals surface area contributed by atoms with Crippen molar-refractivity contribution in [2.24, 2.45) is 5.92 Å². The largest absolute Gasteiger partial charge is 0.418 e. The van der Waals surface area contributed by atoms with Gasteiger partial charge >= 0.3 is 11.9 Å². The molecule has 0 bridgehead atoms. The number of nitrogens with one attached hydrogen (secondary N) is 1. The van der Waals surface area contributed by atoms with Gasteiger partial charge in [0, 0.05) is 18.9 Å². The minimum absolute atomic E-state index is 0.151. The lowest BCUT2D eigenvalue weighted by Crippen LogP contribution is -2.22. The Morgan fingerprint density at radius 2 is 1.89 bits per heavy atom. The lowest BCUT2D eigenvalue weighted by molar-refractivity contribution is -0.136. The number of halogens is 3. The molecule has 0 aliphatic carbocycles. The van der Waals surface area contributed by atoms with Crippen LogP contribution < -0.4 is 11.0 Å². The Bertz CT molecular complexity index is 1020. The molecule has 0 radical (unpaired) electrons. The summed E-state index contributed by atoms with van der Waals surface area (Å²) in [6.07, 6.45) is -1.82. The van der Waals surface area contributed by atoms with E-state index in [0.29, 0.717) is 23.7 Å². The fourth-order valence-corrected chi connectivity index (χ4v) is 3.04. The highest BCUT2D eigenvalue weighted by Crippen LogP contribution is 2.33. The highest BCUT2D eigenvalue weighted by molar-refractivity contribution is 5.58. The SMILES string of the molecule is Cc1cccc(-n2cc3c(C(F)(F)F)cc(CNCC(C)C)cn3c2=O)c1. The summed E-state index contributed by atoms with van der Waals surface area (Å²) in [6.45, 7) is 6.84. The van der Waals surface area contributed by atoms with Crippen LogP contribution in [0.5, 0.6) is 0 Å². The van der Waals surface area contributed by atoms with Gasteiger partial charge in [0.05, 0.1) is 16.8 Å². The molecule has 0 spiro atoms. The van der Waals surface area contributed by atoms with Crippen LogP contribution in [0.2, 0.25) is 0 Å². The van der Waals surface area contributed by atoms with E-state index in [1.165, 1.54) is 17.0 Å². The number of fused-ring (bicyclic) bond motifs is 1. The maximum atomic E-state index is 13.6. The molecule has 2 aromatic heterocycles. The third kappa shape index (κ3) is 4.08. The number of benzene rings is 1. The zero-order chi connectivity index (χ0) is 19.8. The maximum Gasteiger partial charge on any atom is 0.418 e. The molecule has 0 saturated carbocycles. The van der Waals surface area contributed by atoms with Crippen molar-refractivity contribution in [1.29, 1.82) is 0 Å².